The Morgan fingerprint density at radius 2 is 1.30 bits per heavy atom. The van der Waals surface area contributed by atoms with Crippen LogP contribution in [0.2, 0.25) is 5.02 Å². The van der Waals surface area contributed by atoms with Gasteiger partial charge in [-0.25, -0.2) is 0 Å². The summed E-state index contributed by atoms with van der Waals surface area (Å²) < 4.78 is 0. The first-order valence-corrected chi connectivity index (χ1v) is 11.3. The van der Waals surface area contributed by atoms with Gasteiger partial charge in [0.15, 0.2) is 5.78 Å². The van der Waals surface area contributed by atoms with E-state index in [0.717, 1.165) is 24.0 Å². The molecule has 0 saturated heterocycles. The Kier molecular flexibility index (Phi) is 6.61. The van der Waals surface area contributed by atoms with Gasteiger partial charge in [-0.15, -0.1) is 0 Å². The molecule has 4 rings (SSSR count). The first-order chi connectivity index (χ1) is 15.9. The Hall–Kier alpha value is -3.44. The second-order valence-corrected chi connectivity index (χ2v) is 8.94. The number of carboxylic acid groups (broad SMARTS) is 1. The van der Waals surface area contributed by atoms with E-state index in [9.17, 15) is 19.5 Å². The van der Waals surface area contributed by atoms with Crippen LogP contribution in [-0.4, -0.2) is 22.8 Å². The van der Waals surface area contributed by atoms with Gasteiger partial charge in [-0.2, -0.15) is 0 Å². The quantitative estimate of drug-likeness (QED) is 0.394. The van der Waals surface area contributed by atoms with E-state index < -0.39 is 11.4 Å². The van der Waals surface area contributed by atoms with Crippen molar-refractivity contribution in [3.8, 4) is 11.1 Å². The molecule has 168 valence electrons. The maximum atomic E-state index is 12.7. The van der Waals surface area contributed by atoms with Gasteiger partial charge in [0.25, 0.3) is 5.91 Å². The van der Waals surface area contributed by atoms with Crippen LogP contribution >= 0.6 is 11.6 Å². The van der Waals surface area contributed by atoms with E-state index in [-0.39, 0.29) is 18.1 Å². The summed E-state index contributed by atoms with van der Waals surface area (Å²) in [6, 6.07) is 21.3. The molecule has 6 heteroatoms. The smallest absolute Gasteiger partial charge is 0.310 e. The second kappa shape index (κ2) is 9.59. The van der Waals surface area contributed by atoms with Gasteiger partial charge in [-0.1, -0.05) is 60.8 Å². The number of aliphatic carboxylic acids is 1. The fourth-order valence-corrected chi connectivity index (χ4v) is 4.45. The van der Waals surface area contributed by atoms with E-state index in [4.69, 9.17) is 11.6 Å². The molecule has 1 aliphatic rings. The lowest BCUT2D eigenvalue weighted by molar-refractivity contribution is -0.148. The number of carboxylic acids is 1. The van der Waals surface area contributed by atoms with Crippen LogP contribution in [0.25, 0.3) is 11.1 Å². The lowest BCUT2D eigenvalue weighted by Gasteiger charge is -2.22. The van der Waals surface area contributed by atoms with Gasteiger partial charge in [-0.05, 0) is 60.4 Å². The molecule has 0 radical (unpaired) electrons. The molecule has 3 aromatic rings. The number of carbonyl (C=O) groups is 3. The van der Waals surface area contributed by atoms with E-state index in [1.54, 1.807) is 36.4 Å². The van der Waals surface area contributed by atoms with Crippen LogP contribution in [0.15, 0.2) is 72.8 Å². The average molecular weight is 462 g/mol. The third kappa shape index (κ3) is 5.15. The van der Waals surface area contributed by atoms with Crippen LogP contribution < -0.4 is 5.32 Å². The van der Waals surface area contributed by atoms with Crippen molar-refractivity contribution in [3.05, 3.63) is 88.9 Å². The van der Waals surface area contributed by atoms with Crippen molar-refractivity contribution in [1.29, 1.82) is 0 Å². The molecule has 0 unspecified atom stereocenters. The molecule has 33 heavy (non-hydrogen) atoms. The van der Waals surface area contributed by atoms with Crippen LogP contribution in [0.5, 0.6) is 0 Å². The molecule has 5 nitrogen and oxygen atoms in total. The van der Waals surface area contributed by atoms with Crippen LogP contribution in [0.3, 0.4) is 0 Å². The molecule has 0 bridgehead atoms. The number of ketones is 1. The Morgan fingerprint density at radius 1 is 0.788 bits per heavy atom. The van der Waals surface area contributed by atoms with Crippen LogP contribution in [-0.2, 0) is 4.79 Å². The summed E-state index contributed by atoms with van der Waals surface area (Å²) in [5, 5.41) is 13.0. The lowest BCUT2D eigenvalue weighted by Crippen LogP contribution is -2.30. The molecule has 1 saturated carbocycles. The maximum Gasteiger partial charge on any atom is 0.310 e. The third-order valence-electron chi connectivity index (χ3n) is 6.30. The maximum absolute atomic E-state index is 12.7. The summed E-state index contributed by atoms with van der Waals surface area (Å²) in [6.45, 7) is 0. The number of carbonyl (C=O) groups excluding carboxylic acids is 2. The molecule has 0 heterocycles. The second-order valence-electron chi connectivity index (χ2n) is 8.51. The summed E-state index contributed by atoms with van der Waals surface area (Å²) in [6.07, 6.45) is 2.88. The number of Topliss-reactive ketones (excluding diaryl/α,β-unsaturated/α-hetero) is 1. The van der Waals surface area contributed by atoms with Crippen molar-refractivity contribution in [1.82, 2.24) is 0 Å². The number of amides is 1. The third-order valence-corrected chi connectivity index (χ3v) is 6.55. The van der Waals surface area contributed by atoms with Crippen LogP contribution in [0.4, 0.5) is 5.69 Å². The van der Waals surface area contributed by atoms with Crippen molar-refractivity contribution < 1.29 is 19.5 Å². The number of benzene rings is 3. The summed E-state index contributed by atoms with van der Waals surface area (Å²) in [5.74, 6) is -1.22. The standard InChI is InChI=1S/C27H24ClNO4/c28-22-11-7-21(8-12-22)25(31)29-23-13-9-19(10-14-23)18-3-5-20(6-4-18)24(30)17-27(26(32)33)15-1-2-16-27/h3-14H,1-2,15-17H2,(H,29,31)(H,32,33). The van der Waals surface area contributed by atoms with Crippen molar-refractivity contribution in [2.24, 2.45) is 5.41 Å². The molecule has 0 aromatic heterocycles. The molecule has 2 N–H and O–H groups in total. The van der Waals surface area contributed by atoms with E-state index in [2.05, 4.69) is 5.32 Å². The van der Waals surface area contributed by atoms with Crippen LogP contribution in [0, 0.1) is 5.41 Å². The van der Waals surface area contributed by atoms with Crippen molar-refractivity contribution in [3.63, 3.8) is 0 Å². The normalized spacial score (nSPS) is 14.6. The Balaban J connectivity index is 1.41. The van der Waals surface area contributed by atoms with Gasteiger partial charge in [-0.3, -0.25) is 14.4 Å². The SMILES string of the molecule is O=C(CC1(C(=O)O)CCCC1)c1ccc(-c2ccc(NC(=O)c3ccc(Cl)cc3)cc2)cc1. The fraction of sp³-hybridized carbons (Fsp3) is 0.222. The molecule has 0 aliphatic heterocycles. The Labute approximate surface area is 197 Å². The zero-order chi connectivity index (χ0) is 23.4. The van der Waals surface area contributed by atoms with Gasteiger partial charge in [0.2, 0.25) is 0 Å². The first kappa shape index (κ1) is 22.7. The molecule has 1 aliphatic carbocycles. The predicted octanol–water partition coefficient (Wildman–Crippen LogP) is 6.48. The van der Waals surface area contributed by atoms with Crippen molar-refractivity contribution in [2.75, 3.05) is 5.32 Å². The van der Waals surface area contributed by atoms with Crippen LogP contribution in [0.1, 0.15) is 52.8 Å². The zero-order valence-electron chi connectivity index (χ0n) is 18.0. The monoisotopic (exact) mass is 461 g/mol. The summed E-state index contributed by atoms with van der Waals surface area (Å²) in [7, 11) is 0. The average Bonchev–Trinajstić information content (AvgIpc) is 3.30. The van der Waals surface area contributed by atoms with Gasteiger partial charge < -0.3 is 10.4 Å². The minimum atomic E-state index is -0.915. The molecular formula is C27H24ClNO4. The van der Waals surface area contributed by atoms with E-state index in [0.29, 0.717) is 34.7 Å². The molecule has 3 aromatic carbocycles. The van der Waals surface area contributed by atoms with E-state index >= 15 is 0 Å². The highest BCUT2D eigenvalue weighted by molar-refractivity contribution is 6.30. The highest BCUT2D eigenvalue weighted by Crippen LogP contribution is 2.42. The number of hydrogen-bond donors (Lipinski definition) is 2. The van der Waals surface area contributed by atoms with Crippen molar-refractivity contribution >= 4 is 34.9 Å². The summed E-state index contributed by atoms with van der Waals surface area (Å²) in [5.41, 5.74) is 2.67. The molecular weight excluding hydrogens is 438 g/mol. The van der Waals surface area contributed by atoms with Gasteiger partial charge in [0.1, 0.15) is 0 Å². The van der Waals surface area contributed by atoms with E-state index in [1.165, 1.54) is 0 Å². The number of nitrogens with one attached hydrogen (secondary N) is 1. The molecule has 0 spiro atoms. The first-order valence-electron chi connectivity index (χ1n) is 10.9. The highest BCUT2D eigenvalue weighted by atomic mass is 35.5. The van der Waals surface area contributed by atoms with E-state index in [1.807, 2.05) is 36.4 Å². The van der Waals surface area contributed by atoms with Gasteiger partial charge in [0, 0.05) is 28.3 Å². The minimum absolute atomic E-state index is 0.0453. The van der Waals surface area contributed by atoms with Crippen molar-refractivity contribution in [2.45, 2.75) is 32.1 Å². The number of hydrogen-bond acceptors (Lipinski definition) is 3. The number of rotatable bonds is 7. The van der Waals surface area contributed by atoms with Gasteiger partial charge in [0.05, 0.1) is 5.41 Å². The Bertz CT molecular complexity index is 1160. The Morgan fingerprint density at radius 3 is 1.85 bits per heavy atom. The molecule has 0 atom stereocenters. The predicted molar refractivity (Wildman–Crippen MR) is 129 cm³/mol. The molecule has 1 fully saturated rings. The van der Waals surface area contributed by atoms with Gasteiger partial charge >= 0.3 is 5.97 Å². The summed E-state index contributed by atoms with van der Waals surface area (Å²) in [4.78, 5) is 36.8. The summed E-state index contributed by atoms with van der Waals surface area (Å²) >= 11 is 5.86. The topological polar surface area (TPSA) is 83.5 Å². The highest BCUT2D eigenvalue weighted by Gasteiger charge is 2.42. The minimum Gasteiger partial charge on any atom is -0.481 e. The molecule has 1 amide bonds. The lowest BCUT2D eigenvalue weighted by atomic mass is 9.80. The number of halogens is 1. The fourth-order valence-electron chi connectivity index (χ4n) is 4.33. The zero-order valence-corrected chi connectivity index (χ0v) is 18.8. The number of anilines is 1. The largest absolute Gasteiger partial charge is 0.481 e.